The summed E-state index contributed by atoms with van der Waals surface area (Å²) in [5.74, 6) is 1.64. The van der Waals surface area contributed by atoms with Gasteiger partial charge in [0.15, 0.2) is 0 Å². The van der Waals surface area contributed by atoms with Crippen molar-refractivity contribution in [3.05, 3.63) is 0 Å². The predicted octanol–water partition coefficient (Wildman–Crippen LogP) is 12.3. The van der Waals surface area contributed by atoms with Crippen LogP contribution in [0.4, 0.5) is 0 Å². The van der Waals surface area contributed by atoms with Crippen LogP contribution in [0.25, 0.3) is 0 Å². The molecule has 0 heterocycles. The first-order valence-electron chi connectivity index (χ1n) is 18.6. The van der Waals surface area contributed by atoms with Crippen molar-refractivity contribution in [3.8, 4) is 0 Å². The monoisotopic (exact) mass is 595 g/mol. The maximum Gasteiger partial charge on any atom is 0.305 e. The number of hydrogen-bond acceptors (Lipinski definition) is 4. The molecule has 0 aliphatic carbocycles. The average Bonchev–Trinajstić information content (AvgIpc) is 2.99. The van der Waals surface area contributed by atoms with Gasteiger partial charge in [-0.15, -0.1) is 0 Å². The molecule has 0 amide bonds. The molecule has 0 atom stereocenters. The molecule has 0 radical (unpaired) electrons. The topological polar surface area (TPSA) is 52.6 Å². The van der Waals surface area contributed by atoms with Crippen molar-refractivity contribution in [2.75, 3.05) is 14.2 Å². The van der Waals surface area contributed by atoms with Gasteiger partial charge in [0.05, 0.1) is 14.2 Å². The lowest BCUT2D eigenvalue weighted by atomic mass is 9.85. The molecule has 0 saturated carbocycles. The fraction of sp³-hybridized carbons (Fsp3) is 0.947. The number of ether oxygens (including phenoxy) is 2. The van der Waals surface area contributed by atoms with E-state index in [2.05, 4.69) is 23.3 Å². The van der Waals surface area contributed by atoms with E-state index in [0.29, 0.717) is 12.8 Å². The lowest BCUT2D eigenvalue weighted by molar-refractivity contribution is -0.141. The SMILES string of the molecule is COC(=O)CCCCCCCCCCCCCCCC(CCCCCCCCCCCCCCCC(=O)OC)C(C)C. The number of carbonyl (C=O) groups excluding carboxylic acids is 2. The van der Waals surface area contributed by atoms with Gasteiger partial charge in [0.1, 0.15) is 0 Å². The Morgan fingerprint density at radius 3 is 0.810 bits per heavy atom. The Morgan fingerprint density at radius 1 is 0.381 bits per heavy atom. The van der Waals surface area contributed by atoms with Crippen molar-refractivity contribution in [1.82, 2.24) is 0 Å². The zero-order valence-corrected chi connectivity index (χ0v) is 29.0. The molecule has 4 heteroatoms. The summed E-state index contributed by atoms with van der Waals surface area (Å²) < 4.78 is 9.38. The molecule has 0 aromatic rings. The lowest BCUT2D eigenvalue weighted by Gasteiger charge is -2.20. The minimum Gasteiger partial charge on any atom is -0.469 e. The van der Waals surface area contributed by atoms with Crippen LogP contribution < -0.4 is 0 Å². The van der Waals surface area contributed by atoms with Gasteiger partial charge in [-0.2, -0.15) is 0 Å². The number of rotatable bonds is 33. The van der Waals surface area contributed by atoms with Crippen LogP contribution in [0.15, 0.2) is 0 Å². The van der Waals surface area contributed by atoms with Gasteiger partial charge in [0.25, 0.3) is 0 Å². The van der Waals surface area contributed by atoms with Gasteiger partial charge in [-0.3, -0.25) is 9.59 Å². The van der Waals surface area contributed by atoms with E-state index in [-0.39, 0.29) is 11.9 Å². The van der Waals surface area contributed by atoms with Crippen molar-refractivity contribution in [2.24, 2.45) is 11.8 Å². The van der Waals surface area contributed by atoms with Crippen molar-refractivity contribution in [2.45, 2.75) is 206 Å². The average molecular weight is 595 g/mol. The van der Waals surface area contributed by atoms with Gasteiger partial charge in [0, 0.05) is 12.8 Å². The summed E-state index contributed by atoms with van der Waals surface area (Å²) in [7, 11) is 2.95. The van der Waals surface area contributed by atoms with E-state index in [1.54, 1.807) is 0 Å². The van der Waals surface area contributed by atoms with Gasteiger partial charge in [-0.05, 0) is 24.7 Å². The van der Waals surface area contributed by atoms with E-state index < -0.39 is 0 Å². The van der Waals surface area contributed by atoms with Crippen LogP contribution >= 0.6 is 0 Å². The van der Waals surface area contributed by atoms with Gasteiger partial charge in [-0.25, -0.2) is 0 Å². The van der Waals surface area contributed by atoms with E-state index in [1.165, 1.54) is 168 Å². The quantitative estimate of drug-likeness (QED) is 0.0560. The Balaban J connectivity index is 3.40. The maximum atomic E-state index is 11.1. The lowest BCUT2D eigenvalue weighted by Crippen LogP contribution is -2.08. The summed E-state index contributed by atoms with van der Waals surface area (Å²) >= 11 is 0. The van der Waals surface area contributed by atoms with Crippen molar-refractivity contribution < 1.29 is 19.1 Å². The van der Waals surface area contributed by atoms with Gasteiger partial charge >= 0.3 is 11.9 Å². The molecule has 0 aliphatic heterocycles. The Kier molecular flexibility index (Phi) is 32.0. The molecule has 0 spiro atoms. The van der Waals surface area contributed by atoms with Crippen LogP contribution in [-0.4, -0.2) is 26.2 Å². The van der Waals surface area contributed by atoms with Gasteiger partial charge in [-0.1, -0.05) is 181 Å². The first-order valence-corrected chi connectivity index (χ1v) is 18.6. The van der Waals surface area contributed by atoms with E-state index >= 15 is 0 Å². The maximum absolute atomic E-state index is 11.1. The van der Waals surface area contributed by atoms with Crippen LogP contribution in [0.3, 0.4) is 0 Å². The molecule has 4 nitrogen and oxygen atoms in total. The first-order chi connectivity index (χ1) is 20.5. The van der Waals surface area contributed by atoms with Crippen LogP contribution in [0.1, 0.15) is 206 Å². The standard InChI is InChI=1S/C38H74O4/c1-35(2)36(31-27-23-19-15-11-7-5-9-13-17-21-25-29-33-37(39)41-3)32-28-24-20-16-12-8-6-10-14-18-22-26-30-34-38(40)42-4/h35-36H,5-34H2,1-4H3. The number of hydrogen-bond donors (Lipinski definition) is 0. The number of unbranched alkanes of at least 4 members (excludes halogenated alkanes) is 24. The third-order valence-corrected chi connectivity index (χ3v) is 9.31. The van der Waals surface area contributed by atoms with Crippen LogP contribution in [0.5, 0.6) is 0 Å². The third-order valence-electron chi connectivity index (χ3n) is 9.31. The Labute approximate surface area is 263 Å². The van der Waals surface area contributed by atoms with Crippen molar-refractivity contribution in [1.29, 1.82) is 0 Å². The molecule has 0 N–H and O–H groups in total. The molecule has 0 saturated heterocycles. The first kappa shape index (κ1) is 40.9. The van der Waals surface area contributed by atoms with Crippen LogP contribution in [0.2, 0.25) is 0 Å². The summed E-state index contributed by atoms with van der Waals surface area (Å²) in [6, 6.07) is 0. The van der Waals surface area contributed by atoms with Gasteiger partial charge < -0.3 is 9.47 Å². The molecular formula is C38H74O4. The predicted molar refractivity (Wildman–Crippen MR) is 181 cm³/mol. The van der Waals surface area contributed by atoms with E-state index in [4.69, 9.17) is 0 Å². The van der Waals surface area contributed by atoms with Crippen molar-refractivity contribution >= 4 is 11.9 Å². The molecule has 0 aliphatic rings. The Morgan fingerprint density at radius 2 is 0.595 bits per heavy atom. The molecule has 0 bridgehead atoms. The second kappa shape index (κ2) is 32.8. The molecule has 42 heavy (non-hydrogen) atoms. The molecular weight excluding hydrogens is 520 g/mol. The van der Waals surface area contributed by atoms with Gasteiger partial charge in [0.2, 0.25) is 0 Å². The zero-order chi connectivity index (χ0) is 30.9. The highest BCUT2D eigenvalue weighted by Gasteiger charge is 2.12. The van der Waals surface area contributed by atoms with E-state index in [9.17, 15) is 9.59 Å². The largest absolute Gasteiger partial charge is 0.469 e. The number of methoxy groups -OCH3 is 2. The molecule has 0 aromatic heterocycles. The summed E-state index contributed by atoms with van der Waals surface area (Å²) in [6.07, 6.45) is 39.0. The smallest absolute Gasteiger partial charge is 0.305 e. The molecule has 0 aromatic carbocycles. The highest BCUT2D eigenvalue weighted by molar-refractivity contribution is 5.69. The number of carbonyl (C=O) groups is 2. The summed E-state index contributed by atoms with van der Waals surface area (Å²) in [5, 5.41) is 0. The fourth-order valence-electron chi connectivity index (χ4n) is 6.26. The highest BCUT2D eigenvalue weighted by atomic mass is 16.5. The molecule has 0 unspecified atom stereocenters. The molecule has 250 valence electrons. The zero-order valence-electron chi connectivity index (χ0n) is 29.0. The minimum atomic E-state index is -0.0664. The Bertz CT molecular complexity index is 527. The summed E-state index contributed by atoms with van der Waals surface area (Å²) in [5.41, 5.74) is 0. The normalized spacial score (nSPS) is 11.5. The van der Waals surface area contributed by atoms with Crippen LogP contribution in [-0.2, 0) is 19.1 Å². The Hall–Kier alpha value is -1.06. The fourth-order valence-corrected chi connectivity index (χ4v) is 6.26. The highest BCUT2D eigenvalue weighted by Crippen LogP contribution is 2.26. The summed E-state index contributed by atoms with van der Waals surface area (Å²) in [4.78, 5) is 22.2. The summed E-state index contributed by atoms with van der Waals surface area (Å²) in [6.45, 7) is 4.88. The van der Waals surface area contributed by atoms with E-state index in [1.807, 2.05) is 0 Å². The second-order valence-electron chi connectivity index (χ2n) is 13.4. The van der Waals surface area contributed by atoms with E-state index in [0.717, 1.165) is 37.5 Å². The minimum absolute atomic E-state index is 0.0664. The number of esters is 2. The van der Waals surface area contributed by atoms with Crippen molar-refractivity contribution in [3.63, 3.8) is 0 Å². The molecule has 0 fully saturated rings. The van der Waals surface area contributed by atoms with Crippen LogP contribution in [0, 0.1) is 11.8 Å². The molecule has 0 rings (SSSR count). The third kappa shape index (κ3) is 30.4. The second-order valence-corrected chi connectivity index (χ2v) is 13.4.